The van der Waals surface area contributed by atoms with Crippen molar-refractivity contribution in [2.45, 2.75) is 44.6 Å². The van der Waals surface area contributed by atoms with E-state index in [-0.39, 0.29) is 28.3 Å². The van der Waals surface area contributed by atoms with E-state index >= 15 is 4.39 Å². The van der Waals surface area contributed by atoms with Crippen LogP contribution in [0.1, 0.15) is 59.9 Å². The summed E-state index contributed by atoms with van der Waals surface area (Å²) in [5.41, 5.74) is 0.0196. The number of imidazole rings is 1. The Morgan fingerprint density at radius 1 is 1.30 bits per heavy atom. The summed E-state index contributed by atoms with van der Waals surface area (Å²) in [6.07, 6.45) is 2.76. The van der Waals surface area contributed by atoms with E-state index in [0.717, 1.165) is 6.20 Å². The second kappa shape index (κ2) is 7.90. The molecule has 0 fully saturated rings. The molecule has 0 unspecified atom stereocenters. The van der Waals surface area contributed by atoms with Gasteiger partial charge in [-0.05, 0) is 43.5 Å². The lowest BCUT2D eigenvalue weighted by Gasteiger charge is -2.21. The van der Waals surface area contributed by atoms with Crippen molar-refractivity contribution in [1.82, 2.24) is 19.9 Å². The normalized spacial score (nSPS) is 18.5. The first-order valence-electron chi connectivity index (χ1n) is 11.5. The number of nitrogens with zero attached hydrogens (tertiary/aromatic N) is 4. The van der Waals surface area contributed by atoms with Crippen LogP contribution in [0.15, 0.2) is 42.7 Å². The molecule has 0 saturated heterocycles. The Labute approximate surface area is 207 Å². The number of hydrogen-bond acceptors (Lipinski definition) is 6. The van der Waals surface area contributed by atoms with Gasteiger partial charge in [0.2, 0.25) is 0 Å². The van der Waals surface area contributed by atoms with E-state index in [9.17, 15) is 23.9 Å². The Kier molecular flexibility index (Phi) is 4.96. The van der Waals surface area contributed by atoms with Crippen LogP contribution in [0.25, 0.3) is 22.2 Å². The zero-order chi connectivity index (χ0) is 26.2. The Morgan fingerprint density at radius 2 is 2.08 bits per heavy atom. The summed E-state index contributed by atoms with van der Waals surface area (Å²) < 4.78 is 48.5. The smallest absolute Gasteiger partial charge is 0.387 e. The highest BCUT2D eigenvalue weighted by molar-refractivity contribution is 5.98. The first kappa shape index (κ1) is 23.2. The fraction of sp³-hybridized carbons (Fsp3) is 0.280. The maximum absolute atomic E-state index is 15.2. The van der Waals surface area contributed by atoms with E-state index in [1.165, 1.54) is 50.4 Å². The van der Waals surface area contributed by atoms with Gasteiger partial charge < -0.3 is 24.9 Å². The van der Waals surface area contributed by atoms with E-state index < -0.39 is 36.0 Å². The molecule has 12 heteroatoms. The number of carbonyl (C=O) groups is 1. The number of nitrogens with one attached hydrogen (secondary N) is 1. The Hall–Kier alpha value is -4.19. The Morgan fingerprint density at radius 3 is 2.78 bits per heavy atom. The summed E-state index contributed by atoms with van der Waals surface area (Å²) in [5, 5.41) is 25.5. The largest absolute Gasteiger partial charge is 0.711 e. The summed E-state index contributed by atoms with van der Waals surface area (Å²) in [6, 6.07) is 5.99. The Balaban J connectivity index is 1.54. The quantitative estimate of drug-likeness (QED) is 0.320. The molecule has 4 heterocycles. The van der Waals surface area contributed by atoms with Gasteiger partial charge in [0.25, 0.3) is 5.91 Å². The lowest BCUT2D eigenvalue weighted by molar-refractivity contribution is -0.625. The minimum Gasteiger partial charge on any atom is -0.711 e. The minimum absolute atomic E-state index is 0.0650. The molecule has 0 aliphatic carbocycles. The maximum atomic E-state index is 15.2. The molecule has 4 aromatic rings. The number of halogens is 3. The van der Waals surface area contributed by atoms with Crippen LogP contribution >= 0.6 is 0 Å². The van der Waals surface area contributed by atoms with Gasteiger partial charge in [0, 0.05) is 22.8 Å². The lowest BCUT2D eigenvalue weighted by Crippen LogP contribution is -2.40. The van der Waals surface area contributed by atoms with Gasteiger partial charge in [-0.25, -0.2) is 14.1 Å². The average Bonchev–Trinajstić information content (AvgIpc) is 3.28. The van der Waals surface area contributed by atoms with Crippen LogP contribution in [0.3, 0.4) is 0 Å². The molecule has 0 spiro atoms. The number of benzene rings is 2. The molecule has 37 heavy (non-hydrogen) atoms. The van der Waals surface area contributed by atoms with Crippen molar-refractivity contribution < 1.29 is 32.5 Å². The number of rotatable bonds is 4. The molecule has 2 aliphatic heterocycles. The monoisotopic (exact) mass is 511 g/mol. The number of aliphatic hydroxyl groups is 1. The van der Waals surface area contributed by atoms with E-state index in [0.29, 0.717) is 33.6 Å². The molecule has 2 aromatic carbocycles. The second-order valence-corrected chi connectivity index (χ2v) is 9.59. The fourth-order valence-electron chi connectivity index (χ4n) is 5.23. The molecule has 0 saturated carbocycles. The SMILES string of the molecule is CC(C)(O)c1ncc(-c2cc3c(cc2F)nc2n3[C@@H]3C[C@H]2NC(=O)c2cccc(OC(F)F)c23)c[n+]1[O-]. The number of aromatic nitrogens is 4. The second-order valence-electron chi connectivity index (χ2n) is 9.59. The topological polar surface area (TPSA) is 116 Å². The summed E-state index contributed by atoms with van der Waals surface area (Å²) in [4.78, 5) is 21.4. The van der Waals surface area contributed by atoms with Crippen LogP contribution in [0.5, 0.6) is 5.75 Å². The summed E-state index contributed by atoms with van der Waals surface area (Å²) in [5.74, 6) is -0.908. The number of fused-ring (bicyclic) bond motifs is 9. The van der Waals surface area contributed by atoms with Crippen molar-refractivity contribution in [2.24, 2.45) is 0 Å². The van der Waals surface area contributed by atoms with E-state index in [1.54, 1.807) is 4.57 Å². The first-order chi connectivity index (χ1) is 17.5. The van der Waals surface area contributed by atoms with Gasteiger partial charge >= 0.3 is 12.4 Å². The molecule has 190 valence electrons. The van der Waals surface area contributed by atoms with Crippen molar-refractivity contribution >= 4 is 16.9 Å². The molecule has 2 N–H and O–H groups in total. The fourth-order valence-corrected chi connectivity index (χ4v) is 5.23. The van der Waals surface area contributed by atoms with Crippen molar-refractivity contribution in [3.05, 3.63) is 76.5 Å². The maximum Gasteiger partial charge on any atom is 0.387 e. The van der Waals surface area contributed by atoms with Crippen LogP contribution in [-0.4, -0.2) is 32.2 Å². The molecule has 2 aromatic heterocycles. The van der Waals surface area contributed by atoms with Crippen LogP contribution in [0.2, 0.25) is 0 Å². The van der Waals surface area contributed by atoms with Crippen LogP contribution in [-0.2, 0) is 5.60 Å². The van der Waals surface area contributed by atoms with E-state index in [2.05, 4.69) is 15.3 Å². The predicted molar refractivity (Wildman–Crippen MR) is 123 cm³/mol. The summed E-state index contributed by atoms with van der Waals surface area (Å²) >= 11 is 0. The highest BCUT2D eigenvalue weighted by Gasteiger charge is 2.42. The van der Waals surface area contributed by atoms with Crippen molar-refractivity contribution in [2.75, 3.05) is 0 Å². The number of ether oxygens (including phenoxy) is 1. The number of hydrogen-bond donors (Lipinski definition) is 2. The van der Waals surface area contributed by atoms with Crippen LogP contribution < -0.4 is 14.8 Å². The van der Waals surface area contributed by atoms with Crippen molar-refractivity contribution in [3.63, 3.8) is 0 Å². The third-order valence-corrected chi connectivity index (χ3v) is 6.70. The molecule has 2 bridgehead atoms. The molecule has 1 amide bonds. The van der Waals surface area contributed by atoms with Gasteiger partial charge in [-0.3, -0.25) is 4.79 Å². The zero-order valence-corrected chi connectivity index (χ0v) is 19.6. The third-order valence-electron chi connectivity index (χ3n) is 6.70. The lowest BCUT2D eigenvalue weighted by atomic mass is 9.97. The zero-order valence-electron chi connectivity index (χ0n) is 19.6. The average molecular weight is 511 g/mol. The van der Waals surface area contributed by atoms with Crippen molar-refractivity contribution in [1.29, 1.82) is 0 Å². The van der Waals surface area contributed by atoms with Gasteiger partial charge in [0.15, 0.2) is 11.8 Å². The van der Waals surface area contributed by atoms with Crippen LogP contribution in [0.4, 0.5) is 13.2 Å². The van der Waals surface area contributed by atoms with E-state index in [1.807, 2.05) is 0 Å². The molecule has 0 radical (unpaired) electrons. The van der Waals surface area contributed by atoms with Gasteiger partial charge in [0.1, 0.15) is 23.6 Å². The number of carbonyl (C=O) groups excluding carboxylic acids is 1. The highest BCUT2D eigenvalue weighted by Crippen LogP contribution is 2.47. The van der Waals surface area contributed by atoms with Crippen molar-refractivity contribution in [3.8, 4) is 16.9 Å². The number of alkyl halides is 2. The molecule has 9 nitrogen and oxygen atoms in total. The number of amides is 1. The van der Waals surface area contributed by atoms with Gasteiger partial charge in [-0.1, -0.05) is 6.07 Å². The summed E-state index contributed by atoms with van der Waals surface area (Å²) in [6.45, 7) is -0.267. The van der Waals surface area contributed by atoms with Gasteiger partial charge in [-0.15, -0.1) is 0 Å². The van der Waals surface area contributed by atoms with E-state index in [4.69, 9.17) is 4.74 Å². The first-order valence-corrected chi connectivity index (χ1v) is 11.5. The Bertz CT molecular complexity index is 1600. The highest BCUT2D eigenvalue weighted by atomic mass is 19.3. The standard InChI is InChI=1S/C25H20F3N5O4/c1-25(2,35)23-29-9-11(10-32(23)36)13-6-17-15(7-14(13)26)30-21-16-8-18(33(17)21)20-12(22(34)31-16)4-3-5-19(20)37-24(27)28/h3-7,9-10,16,18,24,35H,8H2,1-2H3,(H,31,34)/t16-,18-/m1/s1. The minimum atomic E-state index is -3.09. The molecule has 2 aliphatic rings. The predicted octanol–water partition coefficient (Wildman–Crippen LogP) is 3.48. The van der Waals surface area contributed by atoms with Gasteiger partial charge in [0.05, 0.1) is 28.7 Å². The van der Waals surface area contributed by atoms with Crippen LogP contribution in [0, 0.1) is 11.0 Å². The van der Waals surface area contributed by atoms with Gasteiger partial charge in [-0.2, -0.15) is 8.78 Å². The molecule has 6 rings (SSSR count). The summed E-state index contributed by atoms with van der Waals surface area (Å²) in [7, 11) is 0. The molecule has 2 atom stereocenters. The molecular weight excluding hydrogens is 491 g/mol. The third kappa shape index (κ3) is 3.58. The molecular formula is C25H20F3N5O4.